The molecule has 3 N–H and O–H groups in total. The number of nitrogens with one attached hydrogen (secondary N) is 2. The molecule has 1 aliphatic heterocycles. The van der Waals surface area contributed by atoms with Crippen LogP contribution in [0.2, 0.25) is 0 Å². The van der Waals surface area contributed by atoms with E-state index in [1.165, 1.54) is 0 Å². The Balaban J connectivity index is 1.86. The van der Waals surface area contributed by atoms with Crippen LogP contribution < -0.4 is 10.6 Å². The van der Waals surface area contributed by atoms with E-state index in [0.717, 1.165) is 18.5 Å². The van der Waals surface area contributed by atoms with Crippen LogP contribution in [0, 0.1) is 5.92 Å². The molecule has 110 valence electrons. The lowest BCUT2D eigenvalue weighted by atomic mass is 10.0. The molecule has 1 saturated heterocycles. The molecule has 0 bridgehead atoms. The van der Waals surface area contributed by atoms with Crippen LogP contribution in [0.4, 0.5) is 0 Å². The standard InChI is InChI=1S/C15H22N2O3/c1-2-7-16-13-10-20-9-12(13)15(19)17-8-11-5-3-4-6-14(11)18/h3-6,12-13,16,18H,2,7-10H2,1H3,(H,17,19). The van der Waals surface area contributed by atoms with Gasteiger partial charge in [-0.1, -0.05) is 25.1 Å². The molecule has 5 nitrogen and oxygen atoms in total. The topological polar surface area (TPSA) is 70.6 Å². The fourth-order valence-corrected chi connectivity index (χ4v) is 2.32. The average Bonchev–Trinajstić information content (AvgIpc) is 2.92. The number of carbonyl (C=O) groups is 1. The Bertz CT molecular complexity index is 450. The van der Waals surface area contributed by atoms with Crippen molar-refractivity contribution in [1.82, 2.24) is 10.6 Å². The van der Waals surface area contributed by atoms with Gasteiger partial charge in [0.25, 0.3) is 0 Å². The van der Waals surface area contributed by atoms with Crippen molar-refractivity contribution >= 4 is 5.91 Å². The number of hydrogen-bond donors (Lipinski definition) is 3. The summed E-state index contributed by atoms with van der Waals surface area (Å²) in [5, 5.41) is 15.9. The number of carbonyl (C=O) groups excluding carboxylic acids is 1. The number of phenolic OH excluding ortho intramolecular Hbond substituents is 1. The summed E-state index contributed by atoms with van der Waals surface area (Å²) in [7, 11) is 0. The van der Waals surface area contributed by atoms with Crippen LogP contribution in [0.1, 0.15) is 18.9 Å². The van der Waals surface area contributed by atoms with E-state index in [4.69, 9.17) is 4.74 Å². The van der Waals surface area contributed by atoms with Crippen molar-refractivity contribution in [2.24, 2.45) is 5.92 Å². The van der Waals surface area contributed by atoms with Crippen LogP contribution in [-0.4, -0.2) is 36.8 Å². The molecule has 20 heavy (non-hydrogen) atoms. The van der Waals surface area contributed by atoms with Gasteiger partial charge in [-0.15, -0.1) is 0 Å². The largest absolute Gasteiger partial charge is 0.508 e. The van der Waals surface area contributed by atoms with Crippen molar-refractivity contribution in [3.05, 3.63) is 29.8 Å². The maximum absolute atomic E-state index is 12.2. The summed E-state index contributed by atoms with van der Waals surface area (Å²) in [6.07, 6.45) is 1.03. The van der Waals surface area contributed by atoms with E-state index in [1.54, 1.807) is 18.2 Å². The number of benzene rings is 1. The van der Waals surface area contributed by atoms with E-state index in [2.05, 4.69) is 17.6 Å². The third-order valence-electron chi connectivity index (χ3n) is 3.52. The quantitative estimate of drug-likeness (QED) is 0.726. The summed E-state index contributed by atoms with van der Waals surface area (Å²) >= 11 is 0. The van der Waals surface area contributed by atoms with E-state index in [0.29, 0.717) is 19.8 Å². The summed E-state index contributed by atoms with van der Waals surface area (Å²) in [6.45, 7) is 4.35. The number of amides is 1. The first-order valence-corrected chi connectivity index (χ1v) is 7.08. The maximum Gasteiger partial charge on any atom is 0.227 e. The van der Waals surface area contributed by atoms with Gasteiger partial charge in [-0.25, -0.2) is 0 Å². The number of para-hydroxylation sites is 1. The van der Waals surface area contributed by atoms with E-state index in [1.807, 2.05) is 6.07 Å². The van der Waals surface area contributed by atoms with Gasteiger partial charge in [0.15, 0.2) is 0 Å². The molecule has 0 aliphatic carbocycles. The Labute approximate surface area is 119 Å². The molecule has 1 aromatic rings. The molecular weight excluding hydrogens is 256 g/mol. The van der Waals surface area contributed by atoms with Crippen LogP contribution in [0.25, 0.3) is 0 Å². The van der Waals surface area contributed by atoms with E-state index in [-0.39, 0.29) is 23.6 Å². The molecule has 0 aromatic heterocycles. The minimum absolute atomic E-state index is 0.0284. The first-order chi connectivity index (χ1) is 9.72. The monoisotopic (exact) mass is 278 g/mol. The summed E-state index contributed by atoms with van der Waals surface area (Å²) < 4.78 is 5.39. The van der Waals surface area contributed by atoms with Gasteiger partial charge in [0, 0.05) is 18.2 Å². The van der Waals surface area contributed by atoms with Gasteiger partial charge in [0.2, 0.25) is 5.91 Å². The highest BCUT2D eigenvalue weighted by atomic mass is 16.5. The van der Waals surface area contributed by atoms with Crippen molar-refractivity contribution in [2.75, 3.05) is 19.8 Å². The van der Waals surface area contributed by atoms with Crippen molar-refractivity contribution in [3.8, 4) is 5.75 Å². The second-order valence-corrected chi connectivity index (χ2v) is 5.05. The molecule has 2 unspecified atom stereocenters. The second kappa shape index (κ2) is 7.26. The lowest BCUT2D eigenvalue weighted by molar-refractivity contribution is -0.125. The highest BCUT2D eigenvalue weighted by Crippen LogP contribution is 2.17. The molecule has 1 fully saturated rings. The van der Waals surface area contributed by atoms with Crippen LogP contribution in [0.15, 0.2) is 24.3 Å². The lowest BCUT2D eigenvalue weighted by Gasteiger charge is -2.18. The highest BCUT2D eigenvalue weighted by Gasteiger charge is 2.33. The Hall–Kier alpha value is -1.59. The van der Waals surface area contributed by atoms with E-state index < -0.39 is 0 Å². The Morgan fingerprint density at radius 3 is 2.95 bits per heavy atom. The number of rotatable bonds is 6. The molecule has 5 heteroatoms. The van der Waals surface area contributed by atoms with Gasteiger partial charge in [-0.2, -0.15) is 0 Å². The molecule has 1 amide bonds. The Morgan fingerprint density at radius 2 is 2.20 bits per heavy atom. The van der Waals surface area contributed by atoms with Crippen molar-refractivity contribution in [1.29, 1.82) is 0 Å². The molecule has 1 heterocycles. The number of phenols is 1. The van der Waals surface area contributed by atoms with Crippen LogP contribution in [-0.2, 0) is 16.1 Å². The summed E-state index contributed by atoms with van der Waals surface area (Å²) in [5.74, 6) is 0.0166. The number of aromatic hydroxyl groups is 1. The average molecular weight is 278 g/mol. The predicted molar refractivity (Wildman–Crippen MR) is 76.3 cm³/mol. The zero-order chi connectivity index (χ0) is 14.4. The van der Waals surface area contributed by atoms with Gasteiger partial charge in [-0.3, -0.25) is 4.79 Å². The number of hydrogen-bond acceptors (Lipinski definition) is 4. The van der Waals surface area contributed by atoms with Crippen LogP contribution in [0.5, 0.6) is 5.75 Å². The Kier molecular flexibility index (Phi) is 5.38. The molecule has 2 rings (SSSR count). The zero-order valence-electron chi connectivity index (χ0n) is 11.8. The molecule has 2 atom stereocenters. The minimum Gasteiger partial charge on any atom is -0.508 e. The highest BCUT2D eigenvalue weighted by molar-refractivity contribution is 5.79. The summed E-state index contributed by atoms with van der Waals surface area (Å²) in [6, 6.07) is 7.10. The van der Waals surface area contributed by atoms with Crippen LogP contribution in [0.3, 0.4) is 0 Å². The van der Waals surface area contributed by atoms with Gasteiger partial charge in [-0.05, 0) is 19.0 Å². The molecular formula is C15H22N2O3. The van der Waals surface area contributed by atoms with Gasteiger partial charge >= 0.3 is 0 Å². The molecule has 1 aromatic carbocycles. The first-order valence-electron chi connectivity index (χ1n) is 7.08. The lowest BCUT2D eigenvalue weighted by Crippen LogP contribution is -2.44. The van der Waals surface area contributed by atoms with Gasteiger partial charge in [0.1, 0.15) is 5.75 Å². The third kappa shape index (κ3) is 3.71. The summed E-state index contributed by atoms with van der Waals surface area (Å²) in [5.41, 5.74) is 0.720. The SMILES string of the molecule is CCCNC1COCC1C(=O)NCc1ccccc1O. The minimum atomic E-state index is -0.160. The van der Waals surface area contributed by atoms with E-state index in [9.17, 15) is 9.90 Å². The molecule has 0 spiro atoms. The van der Waals surface area contributed by atoms with Crippen LogP contribution >= 0.6 is 0 Å². The third-order valence-corrected chi connectivity index (χ3v) is 3.52. The summed E-state index contributed by atoms with van der Waals surface area (Å²) in [4.78, 5) is 12.2. The smallest absolute Gasteiger partial charge is 0.227 e. The van der Waals surface area contributed by atoms with Crippen molar-refractivity contribution < 1.29 is 14.6 Å². The first kappa shape index (κ1) is 14.8. The Morgan fingerprint density at radius 1 is 1.40 bits per heavy atom. The fourth-order valence-electron chi connectivity index (χ4n) is 2.32. The van der Waals surface area contributed by atoms with Crippen molar-refractivity contribution in [3.63, 3.8) is 0 Å². The number of ether oxygens (including phenoxy) is 1. The van der Waals surface area contributed by atoms with E-state index >= 15 is 0 Å². The molecule has 0 saturated carbocycles. The second-order valence-electron chi connectivity index (χ2n) is 5.05. The maximum atomic E-state index is 12.2. The van der Waals surface area contributed by atoms with Crippen molar-refractivity contribution in [2.45, 2.75) is 25.9 Å². The molecule has 1 aliphatic rings. The fraction of sp³-hybridized carbons (Fsp3) is 0.533. The van der Waals surface area contributed by atoms with Gasteiger partial charge < -0.3 is 20.5 Å². The predicted octanol–water partition coefficient (Wildman–Crippen LogP) is 1.02. The zero-order valence-corrected chi connectivity index (χ0v) is 11.8. The normalized spacial score (nSPS) is 21.9. The van der Waals surface area contributed by atoms with Gasteiger partial charge in [0.05, 0.1) is 19.1 Å². The molecule has 0 radical (unpaired) electrons.